The normalized spacial score (nSPS) is 11.1. The fourth-order valence-corrected chi connectivity index (χ4v) is 2.03. The molecule has 20 heavy (non-hydrogen) atoms. The summed E-state index contributed by atoms with van der Waals surface area (Å²) in [5, 5.41) is 27.1. The zero-order valence-electron chi connectivity index (χ0n) is 10.3. The molecule has 1 aromatic carbocycles. The molecule has 9 nitrogen and oxygen atoms in total. The van der Waals surface area contributed by atoms with Crippen LogP contribution in [-0.2, 0) is 10.0 Å². The summed E-state index contributed by atoms with van der Waals surface area (Å²) in [7, 11) is -3.54. The minimum absolute atomic E-state index is 0.210. The number of carboxylic acids is 1. The molecule has 0 saturated heterocycles. The molecule has 0 aromatic heterocycles. The highest BCUT2D eigenvalue weighted by molar-refractivity contribution is 7.89. The number of carbonyl (C=O) groups is 1. The number of hydrogen-bond acceptors (Lipinski definition) is 6. The molecule has 0 amide bonds. The lowest BCUT2D eigenvalue weighted by atomic mass is 10.1. The zero-order chi connectivity index (χ0) is 15.3. The van der Waals surface area contributed by atoms with Gasteiger partial charge in [0.15, 0.2) is 0 Å². The highest BCUT2D eigenvalue weighted by Gasteiger charge is 2.19. The van der Waals surface area contributed by atoms with E-state index in [4.69, 9.17) is 10.2 Å². The van der Waals surface area contributed by atoms with Crippen molar-refractivity contribution >= 4 is 27.4 Å². The van der Waals surface area contributed by atoms with Crippen molar-refractivity contribution in [3.05, 3.63) is 33.9 Å². The number of sulfonamides is 1. The maximum Gasteiger partial charge on any atom is 0.342 e. The second-order valence-corrected chi connectivity index (χ2v) is 5.68. The summed E-state index contributed by atoms with van der Waals surface area (Å²) >= 11 is 0. The third-order valence-corrected chi connectivity index (χ3v) is 3.22. The maximum atomic E-state index is 10.9. The third kappa shape index (κ3) is 4.82. The van der Waals surface area contributed by atoms with Crippen molar-refractivity contribution < 1.29 is 23.2 Å². The van der Waals surface area contributed by atoms with Crippen LogP contribution in [0, 0.1) is 10.1 Å². The number of hydrogen-bond donors (Lipinski definition) is 3. The topological polar surface area (TPSA) is 153 Å². The number of nitro groups is 1. The van der Waals surface area contributed by atoms with E-state index in [-0.39, 0.29) is 18.7 Å². The number of carboxylic acid groups (broad SMARTS) is 1. The molecule has 0 spiro atoms. The van der Waals surface area contributed by atoms with Gasteiger partial charge in [-0.3, -0.25) is 10.1 Å². The maximum absolute atomic E-state index is 10.9. The Balaban J connectivity index is 2.75. The van der Waals surface area contributed by atoms with Gasteiger partial charge in [0.1, 0.15) is 5.56 Å². The minimum atomic E-state index is -3.54. The molecule has 0 radical (unpaired) electrons. The summed E-state index contributed by atoms with van der Waals surface area (Å²) in [4.78, 5) is 20.8. The van der Waals surface area contributed by atoms with Gasteiger partial charge in [-0.2, -0.15) is 0 Å². The summed E-state index contributed by atoms with van der Waals surface area (Å²) in [5.74, 6) is -1.62. The van der Waals surface area contributed by atoms with Gasteiger partial charge in [-0.1, -0.05) is 0 Å². The number of primary sulfonamides is 1. The van der Waals surface area contributed by atoms with Crippen molar-refractivity contribution in [1.29, 1.82) is 0 Å². The SMILES string of the molecule is NS(=O)(=O)CCCNc1ccc([N+](=O)[O-])c(C(=O)O)c1. The van der Waals surface area contributed by atoms with Gasteiger partial charge in [0.25, 0.3) is 5.69 Å². The summed E-state index contributed by atoms with van der Waals surface area (Å²) < 4.78 is 21.4. The van der Waals surface area contributed by atoms with Crippen molar-refractivity contribution in [3.8, 4) is 0 Å². The van der Waals surface area contributed by atoms with E-state index < -0.39 is 32.2 Å². The van der Waals surface area contributed by atoms with Gasteiger partial charge < -0.3 is 10.4 Å². The first kappa shape index (κ1) is 15.9. The summed E-state index contributed by atoms with van der Waals surface area (Å²) in [6, 6.07) is 3.55. The van der Waals surface area contributed by atoms with Crippen LogP contribution in [0.3, 0.4) is 0 Å². The smallest absolute Gasteiger partial charge is 0.342 e. The average molecular weight is 303 g/mol. The van der Waals surface area contributed by atoms with Gasteiger partial charge in [-0.15, -0.1) is 0 Å². The van der Waals surface area contributed by atoms with Crippen molar-refractivity contribution in [1.82, 2.24) is 0 Å². The number of rotatable bonds is 7. The monoisotopic (exact) mass is 303 g/mol. The molecular weight excluding hydrogens is 290 g/mol. The van der Waals surface area contributed by atoms with Gasteiger partial charge in [0, 0.05) is 18.3 Å². The number of anilines is 1. The van der Waals surface area contributed by atoms with Gasteiger partial charge in [-0.05, 0) is 18.6 Å². The van der Waals surface area contributed by atoms with Crippen LogP contribution in [0.1, 0.15) is 16.8 Å². The minimum Gasteiger partial charge on any atom is -0.477 e. The fraction of sp³-hybridized carbons (Fsp3) is 0.300. The second-order valence-electron chi connectivity index (χ2n) is 3.94. The molecule has 4 N–H and O–H groups in total. The third-order valence-electron chi connectivity index (χ3n) is 2.36. The molecule has 0 fully saturated rings. The Kier molecular flexibility index (Phi) is 5.00. The molecule has 0 aliphatic heterocycles. The Morgan fingerprint density at radius 1 is 1.45 bits per heavy atom. The molecule has 1 aromatic rings. The van der Waals surface area contributed by atoms with Crippen LogP contribution >= 0.6 is 0 Å². The standard InChI is InChI=1S/C10H13N3O6S/c11-20(18,19)5-1-4-12-7-2-3-9(13(16)17)8(6-7)10(14)15/h2-3,6,12H,1,4-5H2,(H,14,15)(H2,11,18,19). The highest BCUT2D eigenvalue weighted by Crippen LogP contribution is 2.22. The van der Waals surface area contributed by atoms with E-state index in [1.165, 1.54) is 6.07 Å². The Morgan fingerprint density at radius 3 is 2.60 bits per heavy atom. The summed E-state index contributed by atoms with van der Waals surface area (Å²) in [5.41, 5.74) is -0.596. The largest absolute Gasteiger partial charge is 0.477 e. The molecular formula is C10H13N3O6S. The molecule has 10 heteroatoms. The number of aromatic carboxylic acids is 1. The molecule has 0 heterocycles. The molecule has 0 aliphatic carbocycles. The van der Waals surface area contributed by atoms with Gasteiger partial charge >= 0.3 is 5.97 Å². The van der Waals surface area contributed by atoms with Crippen molar-refractivity contribution in [2.75, 3.05) is 17.6 Å². The number of nitrogens with two attached hydrogens (primary N) is 1. The Morgan fingerprint density at radius 2 is 2.10 bits per heavy atom. The lowest BCUT2D eigenvalue weighted by Crippen LogP contribution is -2.18. The van der Waals surface area contributed by atoms with Crippen molar-refractivity contribution in [2.45, 2.75) is 6.42 Å². The lowest BCUT2D eigenvalue weighted by Gasteiger charge is -2.07. The molecule has 0 saturated carbocycles. The quantitative estimate of drug-likeness (QED) is 0.374. The predicted molar refractivity (Wildman–Crippen MR) is 71.1 cm³/mol. The van der Waals surface area contributed by atoms with Gasteiger partial charge in [0.2, 0.25) is 10.0 Å². The first-order valence-electron chi connectivity index (χ1n) is 5.47. The van der Waals surface area contributed by atoms with Crippen LogP contribution in [0.15, 0.2) is 18.2 Å². The van der Waals surface area contributed by atoms with Crippen LogP contribution in [0.2, 0.25) is 0 Å². The summed E-state index contributed by atoms with van der Waals surface area (Å²) in [6.45, 7) is 0.243. The van der Waals surface area contributed by atoms with E-state index in [2.05, 4.69) is 5.32 Å². The van der Waals surface area contributed by atoms with E-state index in [1.807, 2.05) is 0 Å². The molecule has 0 unspecified atom stereocenters. The first-order chi connectivity index (χ1) is 9.20. The highest BCUT2D eigenvalue weighted by atomic mass is 32.2. The fourth-order valence-electron chi connectivity index (χ4n) is 1.48. The number of nitrogens with zero attached hydrogens (tertiary/aromatic N) is 1. The van der Waals surface area contributed by atoms with E-state index in [0.29, 0.717) is 5.69 Å². The second kappa shape index (κ2) is 6.30. The Bertz CT molecular complexity index is 628. The van der Waals surface area contributed by atoms with Crippen molar-refractivity contribution in [2.24, 2.45) is 5.14 Å². The number of nitrogens with one attached hydrogen (secondary N) is 1. The zero-order valence-corrected chi connectivity index (χ0v) is 11.1. The Labute approximate surface area is 114 Å². The number of benzene rings is 1. The number of nitro benzene ring substituents is 1. The Hall–Kier alpha value is -2.20. The van der Waals surface area contributed by atoms with E-state index >= 15 is 0 Å². The van der Waals surface area contributed by atoms with Crippen LogP contribution in [0.5, 0.6) is 0 Å². The van der Waals surface area contributed by atoms with Crippen LogP contribution < -0.4 is 10.5 Å². The van der Waals surface area contributed by atoms with Crippen LogP contribution in [0.4, 0.5) is 11.4 Å². The van der Waals surface area contributed by atoms with Gasteiger partial charge in [-0.25, -0.2) is 18.4 Å². The van der Waals surface area contributed by atoms with E-state index in [9.17, 15) is 23.3 Å². The molecule has 0 atom stereocenters. The van der Waals surface area contributed by atoms with Gasteiger partial charge in [0.05, 0.1) is 10.7 Å². The predicted octanol–water partition coefficient (Wildman–Crippen LogP) is 0.384. The molecule has 1 rings (SSSR count). The van der Waals surface area contributed by atoms with Crippen molar-refractivity contribution in [3.63, 3.8) is 0 Å². The molecule has 110 valence electrons. The molecule has 0 bridgehead atoms. The first-order valence-corrected chi connectivity index (χ1v) is 7.18. The van der Waals surface area contributed by atoms with Crippen LogP contribution in [-0.4, -0.2) is 36.7 Å². The summed E-state index contributed by atoms with van der Waals surface area (Å²) in [6.07, 6.45) is 0.234. The average Bonchev–Trinajstić information content (AvgIpc) is 2.33. The van der Waals surface area contributed by atoms with E-state index in [1.54, 1.807) is 0 Å². The molecule has 0 aliphatic rings. The lowest BCUT2D eigenvalue weighted by molar-refractivity contribution is -0.385. The van der Waals surface area contributed by atoms with Crippen LogP contribution in [0.25, 0.3) is 0 Å². The van der Waals surface area contributed by atoms with E-state index in [0.717, 1.165) is 12.1 Å².